The number of aliphatic hydroxyl groups is 1. The quantitative estimate of drug-likeness (QED) is 0.671. The van der Waals surface area contributed by atoms with Crippen LogP contribution in [0.5, 0.6) is 0 Å². The lowest BCUT2D eigenvalue weighted by atomic mass is 9.78. The van der Waals surface area contributed by atoms with Crippen LogP contribution in [0, 0.1) is 5.92 Å². The Morgan fingerprint density at radius 1 is 1.14 bits per heavy atom. The SMILES string of the molecule is O=C(O)C1CCC1N1CCC(O)CC1. The van der Waals surface area contributed by atoms with Crippen molar-refractivity contribution in [2.45, 2.75) is 37.8 Å². The monoisotopic (exact) mass is 199 g/mol. The van der Waals surface area contributed by atoms with Gasteiger partial charge in [-0.05, 0) is 25.7 Å². The molecule has 1 saturated carbocycles. The molecule has 0 bridgehead atoms. The molecule has 1 aliphatic heterocycles. The van der Waals surface area contributed by atoms with Gasteiger partial charge < -0.3 is 10.2 Å². The number of carboxylic acid groups (broad SMARTS) is 1. The third-order valence-corrected chi connectivity index (χ3v) is 3.52. The summed E-state index contributed by atoms with van der Waals surface area (Å²) in [7, 11) is 0. The van der Waals surface area contributed by atoms with Crippen LogP contribution in [0.3, 0.4) is 0 Å². The van der Waals surface area contributed by atoms with Crippen molar-refractivity contribution in [3.8, 4) is 0 Å². The van der Waals surface area contributed by atoms with Crippen molar-refractivity contribution in [1.29, 1.82) is 0 Å². The average Bonchev–Trinajstić information content (AvgIpc) is 2.05. The number of hydrogen-bond donors (Lipinski definition) is 2. The number of aliphatic carboxylic acids is 1. The predicted molar refractivity (Wildman–Crippen MR) is 51.0 cm³/mol. The molecule has 0 spiro atoms. The minimum atomic E-state index is -0.660. The molecule has 2 atom stereocenters. The second-order valence-corrected chi connectivity index (χ2v) is 4.36. The maximum absolute atomic E-state index is 10.8. The van der Waals surface area contributed by atoms with Crippen molar-refractivity contribution in [2.24, 2.45) is 5.92 Å². The van der Waals surface area contributed by atoms with Gasteiger partial charge >= 0.3 is 5.97 Å². The molecular formula is C10H17NO3. The fourth-order valence-corrected chi connectivity index (χ4v) is 2.42. The summed E-state index contributed by atoms with van der Waals surface area (Å²) < 4.78 is 0. The Morgan fingerprint density at radius 2 is 1.79 bits per heavy atom. The Labute approximate surface area is 83.5 Å². The van der Waals surface area contributed by atoms with E-state index in [-0.39, 0.29) is 18.1 Å². The van der Waals surface area contributed by atoms with E-state index in [4.69, 9.17) is 5.11 Å². The van der Waals surface area contributed by atoms with Gasteiger partial charge in [-0.3, -0.25) is 9.69 Å². The summed E-state index contributed by atoms with van der Waals surface area (Å²) in [5, 5.41) is 18.2. The first-order valence-corrected chi connectivity index (χ1v) is 5.33. The van der Waals surface area contributed by atoms with Gasteiger partial charge in [0.2, 0.25) is 0 Å². The van der Waals surface area contributed by atoms with Crippen LogP contribution in [0.1, 0.15) is 25.7 Å². The molecule has 0 amide bonds. The fraction of sp³-hybridized carbons (Fsp3) is 0.900. The van der Waals surface area contributed by atoms with Gasteiger partial charge in [0.15, 0.2) is 0 Å². The van der Waals surface area contributed by atoms with E-state index in [0.717, 1.165) is 38.8 Å². The van der Waals surface area contributed by atoms with Crippen LogP contribution in [0.25, 0.3) is 0 Å². The number of aliphatic hydroxyl groups excluding tert-OH is 1. The summed E-state index contributed by atoms with van der Waals surface area (Å²) in [6.07, 6.45) is 3.24. The molecule has 2 rings (SSSR count). The molecule has 2 unspecified atom stereocenters. The van der Waals surface area contributed by atoms with Crippen molar-refractivity contribution in [3.63, 3.8) is 0 Å². The number of carbonyl (C=O) groups is 1. The molecule has 1 heterocycles. The fourth-order valence-electron chi connectivity index (χ4n) is 2.42. The summed E-state index contributed by atoms with van der Waals surface area (Å²) in [5.74, 6) is -0.822. The van der Waals surface area contributed by atoms with Gasteiger partial charge in [-0.15, -0.1) is 0 Å². The van der Waals surface area contributed by atoms with E-state index in [1.807, 2.05) is 0 Å². The molecule has 0 aromatic carbocycles. The molecule has 0 radical (unpaired) electrons. The third-order valence-electron chi connectivity index (χ3n) is 3.52. The molecule has 4 heteroatoms. The highest BCUT2D eigenvalue weighted by Gasteiger charge is 2.40. The van der Waals surface area contributed by atoms with Gasteiger partial charge in [0.1, 0.15) is 0 Å². The van der Waals surface area contributed by atoms with Gasteiger partial charge in [-0.25, -0.2) is 0 Å². The molecule has 2 aliphatic rings. The van der Waals surface area contributed by atoms with E-state index in [2.05, 4.69) is 4.90 Å². The molecule has 4 nitrogen and oxygen atoms in total. The van der Waals surface area contributed by atoms with E-state index in [1.165, 1.54) is 0 Å². The summed E-state index contributed by atoms with van der Waals surface area (Å²) in [6.45, 7) is 1.71. The van der Waals surface area contributed by atoms with Crippen LogP contribution in [0.4, 0.5) is 0 Å². The molecule has 0 aromatic heterocycles. The van der Waals surface area contributed by atoms with Crippen LogP contribution in [0.15, 0.2) is 0 Å². The van der Waals surface area contributed by atoms with Gasteiger partial charge in [0.05, 0.1) is 12.0 Å². The van der Waals surface area contributed by atoms with Crippen molar-refractivity contribution in [3.05, 3.63) is 0 Å². The first kappa shape index (κ1) is 9.93. The first-order valence-electron chi connectivity index (χ1n) is 5.33. The molecule has 0 aromatic rings. The topological polar surface area (TPSA) is 60.8 Å². The van der Waals surface area contributed by atoms with E-state index >= 15 is 0 Å². The van der Waals surface area contributed by atoms with Crippen LogP contribution in [-0.2, 0) is 4.79 Å². The molecule has 14 heavy (non-hydrogen) atoms. The van der Waals surface area contributed by atoms with Gasteiger partial charge in [0.25, 0.3) is 0 Å². The average molecular weight is 199 g/mol. The number of likely N-dealkylation sites (tertiary alicyclic amines) is 1. The Kier molecular flexibility index (Phi) is 2.74. The molecular weight excluding hydrogens is 182 g/mol. The highest BCUT2D eigenvalue weighted by Crippen LogP contribution is 2.33. The lowest BCUT2D eigenvalue weighted by Crippen LogP contribution is -2.53. The zero-order valence-electron chi connectivity index (χ0n) is 8.22. The zero-order chi connectivity index (χ0) is 10.1. The smallest absolute Gasteiger partial charge is 0.308 e. The van der Waals surface area contributed by atoms with E-state index in [0.29, 0.717) is 0 Å². The number of rotatable bonds is 2. The Morgan fingerprint density at radius 3 is 2.21 bits per heavy atom. The summed E-state index contributed by atoms with van der Waals surface area (Å²) in [4.78, 5) is 13.1. The minimum Gasteiger partial charge on any atom is -0.481 e. The lowest BCUT2D eigenvalue weighted by Gasteiger charge is -2.44. The summed E-state index contributed by atoms with van der Waals surface area (Å²) in [6, 6.07) is 0.236. The van der Waals surface area contributed by atoms with Gasteiger partial charge in [0, 0.05) is 19.1 Å². The van der Waals surface area contributed by atoms with Crippen LogP contribution >= 0.6 is 0 Å². The maximum Gasteiger partial charge on any atom is 0.308 e. The Bertz CT molecular complexity index is 223. The maximum atomic E-state index is 10.8. The third kappa shape index (κ3) is 1.77. The van der Waals surface area contributed by atoms with Crippen LogP contribution in [0.2, 0.25) is 0 Å². The normalized spacial score (nSPS) is 35.2. The van der Waals surface area contributed by atoms with E-state index in [9.17, 15) is 9.90 Å². The van der Waals surface area contributed by atoms with Crippen LogP contribution < -0.4 is 0 Å². The first-order chi connectivity index (χ1) is 6.68. The lowest BCUT2D eigenvalue weighted by molar-refractivity contribution is -0.149. The standard InChI is InChI=1S/C10H17NO3/c12-7-3-5-11(6-4-7)9-2-1-8(9)10(13)14/h7-9,12H,1-6H2,(H,13,14). The zero-order valence-corrected chi connectivity index (χ0v) is 8.22. The van der Waals surface area contributed by atoms with Crippen molar-refractivity contribution in [1.82, 2.24) is 4.90 Å². The summed E-state index contributed by atoms with van der Waals surface area (Å²) >= 11 is 0. The van der Waals surface area contributed by atoms with E-state index in [1.54, 1.807) is 0 Å². The van der Waals surface area contributed by atoms with Crippen molar-refractivity contribution in [2.75, 3.05) is 13.1 Å². The second kappa shape index (κ2) is 3.87. The Balaban J connectivity index is 1.87. The van der Waals surface area contributed by atoms with Gasteiger partial charge in [-0.2, -0.15) is 0 Å². The van der Waals surface area contributed by atoms with Crippen LogP contribution in [-0.4, -0.2) is 46.3 Å². The molecule has 2 fully saturated rings. The number of piperidine rings is 1. The molecule has 1 aliphatic carbocycles. The molecule has 80 valence electrons. The van der Waals surface area contributed by atoms with Gasteiger partial charge in [-0.1, -0.05) is 0 Å². The number of carboxylic acids is 1. The predicted octanol–water partition coefficient (Wildman–Crippen LogP) is 0.306. The summed E-state index contributed by atoms with van der Waals surface area (Å²) in [5.41, 5.74) is 0. The Hall–Kier alpha value is -0.610. The molecule has 1 saturated heterocycles. The van der Waals surface area contributed by atoms with Crippen molar-refractivity contribution < 1.29 is 15.0 Å². The molecule has 2 N–H and O–H groups in total. The highest BCUT2D eigenvalue weighted by atomic mass is 16.4. The second-order valence-electron chi connectivity index (χ2n) is 4.36. The number of hydrogen-bond acceptors (Lipinski definition) is 3. The minimum absolute atomic E-state index is 0.162. The van der Waals surface area contributed by atoms with Crippen molar-refractivity contribution >= 4 is 5.97 Å². The van der Waals surface area contributed by atoms with E-state index < -0.39 is 5.97 Å². The highest BCUT2D eigenvalue weighted by molar-refractivity contribution is 5.72. The largest absolute Gasteiger partial charge is 0.481 e. The number of nitrogens with zero attached hydrogens (tertiary/aromatic N) is 1.